The molecule has 0 rings (SSSR count). The Kier molecular flexibility index (Phi) is 20.5. The Balaban J connectivity index is 3.54. The number of unbranched alkanes of at least 4 members (excludes halogenated alkanes) is 13. The summed E-state index contributed by atoms with van der Waals surface area (Å²) in [6.07, 6.45) is 21.7. The van der Waals surface area contributed by atoms with Crippen LogP contribution in [-0.2, 0) is 14.3 Å². The van der Waals surface area contributed by atoms with Crippen molar-refractivity contribution in [2.75, 3.05) is 27.7 Å². The van der Waals surface area contributed by atoms with E-state index in [1.807, 2.05) is 21.1 Å². The first-order valence-electron chi connectivity index (χ1n) is 14.3. The second-order valence-corrected chi connectivity index (χ2v) is 11.5. The van der Waals surface area contributed by atoms with E-state index in [1.165, 1.54) is 89.9 Å². The maximum Gasteiger partial charge on any atom is 0.306 e. The Bertz CT molecular complexity index is 501. The van der Waals surface area contributed by atoms with Crippen LogP contribution in [0.3, 0.4) is 0 Å². The number of hydrogen-bond donors (Lipinski definition) is 0. The lowest BCUT2D eigenvalue weighted by molar-refractivity contribution is -0.873. The van der Waals surface area contributed by atoms with Crippen LogP contribution in [-0.4, -0.2) is 50.2 Å². The first-order chi connectivity index (χ1) is 16.1. The molecule has 0 aromatic heterocycles. The highest BCUT2D eigenvalue weighted by atomic mass is 16.5. The van der Waals surface area contributed by atoms with Crippen molar-refractivity contribution in [1.29, 1.82) is 0 Å². The van der Waals surface area contributed by atoms with Crippen molar-refractivity contribution >= 4 is 11.9 Å². The second kappa shape index (κ2) is 21.2. The molecule has 0 saturated carbocycles. The largest absolute Gasteiger partial charge is 0.550 e. The van der Waals surface area contributed by atoms with Gasteiger partial charge < -0.3 is 19.1 Å². The number of carbonyl (C=O) groups is 2. The van der Waals surface area contributed by atoms with Crippen molar-refractivity contribution in [2.24, 2.45) is 5.92 Å². The third-order valence-corrected chi connectivity index (χ3v) is 6.57. The molecule has 202 valence electrons. The van der Waals surface area contributed by atoms with Crippen molar-refractivity contribution in [1.82, 2.24) is 0 Å². The predicted octanol–water partition coefficient (Wildman–Crippen LogP) is 6.42. The normalized spacial score (nSPS) is 13.6. The average Bonchev–Trinajstić information content (AvgIpc) is 2.72. The number of quaternary nitrogens is 1. The van der Waals surface area contributed by atoms with E-state index < -0.39 is 12.1 Å². The molecule has 2 unspecified atom stereocenters. The number of carboxylic acids is 1. The molecule has 0 aliphatic heterocycles. The van der Waals surface area contributed by atoms with E-state index >= 15 is 0 Å². The van der Waals surface area contributed by atoms with Crippen molar-refractivity contribution in [3.63, 3.8) is 0 Å². The summed E-state index contributed by atoms with van der Waals surface area (Å²) in [5, 5.41) is 10.9. The van der Waals surface area contributed by atoms with Gasteiger partial charge in [0.2, 0.25) is 0 Å². The van der Waals surface area contributed by atoms with E-state index in [9.17, 15) is 14.7 Å². The van der Waals surface area contributed by atoms with Crippen LogP contribution >= 0.6 is 0 Å². The minimum Gasteiger partial charge on any atom is -0.550 e. The molecule has 5 heteroatoms. The fraction of sp³-hybridized carbons (Fsp3) is 0.931. The van der Waals surface area contributed by atoms with Gasteiger partial charge in [-0.05, 0) is 12.3 Å². The molecule has 0 aromatic rings. The Labute approximate surface area is 211 Å². The minimum absolute atomic E-state index is 0.237. The number of ether oxygens (including phenoxy) is 1. The van der Waals surface area contributed by atoms with Crippen LogP contribution in [0, 0.1) is 5.92 Å². The summed E-state index contributed by atoms with van der Waals surface area (Å²) in [7, 11) is 5.86. The van der Waals surface area contributed by atoms with E-state index in [0.717, 1.165) is 25.2 Å². The molecule has 0 heterocycles. The van der Waals surface area contributed by atoms with Crippen LogP contribution in [0.1, 0.15) is 136 Å². The van der Waals surface area contributed by atoms with Crippen molar-refractivity contribution in [3.8, 4) is 0 Å². The van der Waals surface area contributed by atoms with E-state index in [2.05, 4.69) is 13.8 Å². The third-order valence-electron chi connectivity index (χ3n) is 6.57. The third kappa shape index (κ3) is 24.0. The summed E-state index contributed by atoms with van der Waals surface area (Å²) in [4.78, 5) is 23.0. The lowest BCUT2D eigenvalue weighted by Crippen LogP contribution is -2.45. The zero-order valence-corrected chi connectivity index (χ0v) is 23.4. The molecule has 5 nitrogen and oxygen atoms in total. The van der Waals surface area contributed by atoms with E-state index in [-0.39, 0.29) is 12.4 Å². The highest BCUT2D eigenvalue weighted by Gasteiger charge is 2.22. The molecule has 0 fully saturated rings. The topological polar surface area (TPSA) is 66.4 Å². The summed E-state index contributed by atoms with van der Waals surface area (Å²) < 4.78 is 5.95. The van der Waals surface area contributed by atoms with Gasteiger partial charge in [0.1, 0.15) is 6.54 Å². The molecule has 0 amide bonds. The van der Waals surface area contributed by atoms with Crippen molar-refractivity contribution in [2.45, 2.75) is 142 Å². The zero-order valence-electron chi connectivity index (χ0n) is 23.4. The van der Waals surface area contributed by atoms with Gasteiger partial charge in [-0.2, -0.15) is 0 Å². The van der Waals surface area contributed by atoms with Crippen LogP contribution in [0.5, 0.6) is 0 Å². The number of carboxylic acid groups (broad SMARTS) is 1. The first-order valence-corrected chi connectivity index (χ1v) is 14.3. The zero-order chi connectivity index (χ0) is 25.7. The quantitative estimate of drug-likeness (QED) is 0.0902. The monoisotopic (exact) mass is 483 g/mol. The van der Waals surface area contributed by atoms with Gasteiger partial charge in [-0.15, -0.1) is 0 Å². The highest BCUT2D eigenvalue weighted by Crippen LogP contribution is 2.18. The smallest absolute Gasteiger partial charge is 0.306 e. The Morgan fingerprint density at radius 3 is 1.62 bits per heavy atom. The van der Waals surface area contributed by atoms with Crippen LogP contribution in [0.25, 0.3) is 0 Å². The molecule has 0 aromatic carbocycles. The molecule has 0 saturated heterocycles. The van der Waals surface area contributed by atoms with Crippen LogP contribution in [0.4, 0.5) is 0 Å². The molecule has 2 atom stereocenters. The Hall–Kier alpha value is -1.10. The van der Waals surface area contributed by atoms with Gasteiger partial charge in [0.25, 0.3) is 0 Å². The van der Waals surface area contributed by atoms with E-state index in [4.69, 9.17) is 4.74 Å². The molecule has 0 bridgehead atoms. The van der Waals surface area contributed by atoms with Gasteiger partial charge >= 0.3 is 5.97 Å². The lowest BCUT2D eigenvalue weighted by Gasteiger charge is -2.29. The number of esters is 1. The molecule has 0 spiro atoms. The first kappa shape index (κ1) is 32.9. The van der Waals surface area contributed by atoms with Gasteiger partial charge in [0, 0.05) is 18.8 Å². The Morgan fingerprint density at radius 2 is 1.18 bits per heavy atom. The molecule has 0 aliphatic carbocycles. The predicted molar refractivity (Wildman–Crippen MR) is 140 cm³/mol. The number of carbonyl (C=O) groups excluding carboxylic acids is 2. The molecular formula is C29H57NO4. The number of aliphatic carboxylic acids is 1. The van der Waals surface area contributed by atoms with E-state index in [0.29, 0.717) is 17.4 Å². The van der Waals surface area contributed by atoms with Gasteiger partial charge in [-0.25, -0.2) is 0 Å². The van der Waals surface area contributed by atoms with Crippen molar-refractivity contribution < 1.29 is 23.9 Å². The Morgan fingerprint density at radius 1 is 0.735 bits per heavy atom. The number of hydrogen-bond acceptors (Lipinski definition) is 4. The van der Waals surface area contributed by atoms with Crippen LogP contribution < -0.4 is 5.11 Å². The van der Waals surface area contributed by atoms with Gasteiger partial charge in [-0.1, -0.05) is 117 Å². The fourth-order valence-corrected chi connectivity index (χ4v) is 4.60. The number of rotatable bonds is 24. The standard InChI is InChI=1S/C29H57NO4/c1-6-7-8-18-21-26(2)22-19-16-14-12-10-9-11-13-15-17-20-23-29(33)34-27(24-28(31)32)25-30(3,4)5/h26-27H,6-25H2,1-5H3. The highest BCUT2D eigenvalue weighted by molar-refractivity contribution is 5.70. The average molecular weight is 484 g/mol. The second-order valence-electron chi connectivity index (χ2n) is 11.5. The minimum atomic E-state index is -1.17. The SMILES string of the molecule is CCCCCCC(C)CCCCCCCCCCCCCC(=O)OC(CC(=O)[O-])C[N+](C)(C)C. The van der Waals surface area contributed by atoms with Gasteiger partial charge in [-0.3, -0.25) is 4.79 Å². The van der Waals surface area contributed by atoms with Crippen LogP contribution in [0.15, 0.2) is 0 Å². The van der Waals surface area contributed by atoms with Crippen molar-refractivity contribution in [3.05, 3.63) is 0 Å². The molecule has 0 N–H and O–H groups in total. The lowest BCUT2D eigenvalue weighted by atomic mass is 9.96. The van der Waals surface area contributed by atoms with E-state index in [1.54, 1.807) is 0 Å². The summed E-state index contributed by atoms with van der Waals surface area (Å²) in [6, 6.07) is 0. The van der Waals surface area contributed by atoms with Gasteiger partial charge in [0.05, 0.1) is 21.1 Å². The fourth-order valence-electron chi connectivity index (χ4n) is 4.60. The molecule has 0 radical (unpaired) electrons. The molecule has 0 aliphatic rings. The van der Waals surface area contributed by atoms with Crippen LogP contribution in [0.2, 0.25) is 0 Å². The summed E-state index contributed by atoms with van der Waals surface area (Å²) in [6.45, 7) is 5.17. The summed E-state index contributed by atoms with van der Waals surface area (Å²) >= 11 is 0. The maximum absolute atomic E-state index is 12.1. The number of likely N-dealkylation sites (N-methyl/N-ethyl adjacent to an activating group) is 1. The molecule has 34 heavy (non-hydrogen) atoms. The summed E-state index contributed by atoms with van der Waals surface area (Å²) in [5.74, 6) is -0.551. The number of nitrogens with zero attached hydrogens (tertiary/aromatic N) is 1. The summed E-state index contributed by atoms with van der Waals surface area (Å²) in [5.41, 5.74) is 0. The van der Waals surface area contributed by atoms with Gasteiger partial charge in [0.15, 0.2) is 6.10 Å². The molecular weight excluding hydrogens is 426 g/mol. The maximum atomic E-state index is 12.1.